The van der Waals surface area contributed by atoms with E-state index in [1.54, 1.807) is 42.2 Å². The van der Waals surface area contributed by atoms with Crippen LogP contribution in [0.25, 0.3) is 0 Å². The maximum Gasteiger partial charge on any atom is 0.258 e. The van der Waals surface area contributed by atoms with Crippen molar-refractivity contribution >= 4 is 33.2 Å². The number of halogens is 1. The number of amides is 2. The summed E-state index contributed by atoms with van der Waals surface area (Å²) in [6.45, 7) is 2.39. The fourth-order valence-electron chi connectivity index (χ4n) is 3.97. The second kappa shape index (κ2) is 9.74. The fourth-order valence-corrected chi connectivity index (χ4v) is 5.06. The number of nitrogens with zero attached hydrogens (tertiary/aromatic N) is 1. The van der Waals surface area contributed by atoms with Gasteiger partial charge in [0.25, 0.3) is 11.8 Å². The van der Waals surface area contributed by atoms with E-state index in [9.17, 15) is 22.4 Å². The molecule has 0 aromatic heterocycles. The molecule has 0 aliphatic carbocycles. The average molecular weight is 482 g/mol. The third-order valence-electron chi connectivity index (χ3n) is 5.58. The molecular weight excluding hydrogens is 457 g/mol. The Labute approximate surface area is 197 Å². The maximum absolute atomic E-state index is 13.4. The molecule has 0 spiro atoms. The van der Waals surface area contributed by atoms with Gasteiger partial charge in [-0.05, 0) is 73.0 Å². The predicted octanol–water partition coefficient (Wildman–Crippen LogP) is 3.97. The molecule has 0 unspecified atom stereocenters. The Morgan fingerprint density at radius 1 is 1.00 bits per heavy atom. The molecule has 4 rings (SSSR count). The number of carbonyl (C=O) groups is 2. The molecule has 1 heterocycles. The summed E-state index contributed by atoms with van der Waals surface area (Å²) >= 11 is 0. The zero-order chi connectivity index (χ0) is 24.3. The molecule has 0 saturated heterocycles. The Morgan fingerprint density at radius 3 is 2.47 bits per heavy atom. The van der Waals surface area contributed by atoms with Crippen molar-refractivity contribution in [3.63, 3.8) is 0 Å². The van der Waals surface area contributed by atoms with Crippen LogP contribution in [0.4, 0.5) is 15.8 Å². The summed E-state index contributed by atoms with van der Waals surface area (Å²) in [6.07, 6.45) is 1.34. The van der Waals surface area contributed by atoms with Gasteiger partial charge in [-0.25, -0.2) is 17.5 Å². The van der Waals surface area contributed by atoms with E-state index in [-0.39, 0.29) is 28.8 Å². The second-order valence-corrected chi connectivity index (χ2v) is 9.62. The summed E-state index contributed by atoms with van der Waals surface area (Å²) in [5, 5.41) is 2.86. The predicted molar refractivity (Wildman–Crippen MR) is 128 cm³/mol. The first kappa shape index (κ1) is 23.6. The van der Waals surface area contributed by atoms with Gasteiger partial charge in [-0.1, -0.05) is 19.1 Å². The molecule has 0 fully saturated rings. The summed E-state index contributed by atoms with van der Waals surface area (Å²) < 4.78 is 40.3. The molecule has 0 atom stereocenters. The van der Waals surface area contributed by atoms with Crippen LogP contribution in [0.3, 0.4) is 0 Å². The number of carbonyl (C=O) groups excluding carboxylic acids is 2. The molecule has 0 radical (unpaired) electrons. The van der Waals surface area contributed by atoms with E-state index < -0.39 is 15.8 Å². The molecule has 1 aliphatic rings. The topological polar surface area (TPSA) is 95.6 Å². The summed E-state index contributed by atoms with van der Waals surface area (Å²) in [4.78, 5) is 27.7. The standard InChI is InChI=1S/C25H24FN3O4S/c1-2-27-34(32,33)20-7-3-6-18(16-20)25(31)29-15-5-8-21-22(9-4-10-23(21)29)28-24(30)17-11-13-19(26)14-12-17/h3-4,6-7,9-14,16,27H,2,5,8,15H2,1H3,(H,28,30). The quantitative estimate of drug-likeness (QED) is 0.557. The van der Waals surface area contributed by atoms with Crippen molar-refractivity contribution in [3.8, 4) is 0 Å². The first-order valence-electron chi connectivity index (χ1n) is 10.9. The highest BCUT2D eigenvalue weighted by atomic mass is 32.2. The summed E-state index contributed by atoms with van der Waals surface area (Å²) in [6, 6.07) is 16.5. The van der Waals surface area contributed by atoms with Gasteiger partial charge in [0.05, 0.1) is 4.90 Å². The van der Waals surface area contributed by atoms with E-state index in [0.717, 1.165) is 5.56 Å². The van der Waals surface area contributed by atoms with Gasteiger partial charge in [0, 0.05) is 35.6 Å². The molecule has 1 aliphatic heterocycles. The third-order valence-corrected chi connectivity index (χ3v) is 7.12. The Hall–Kier alpha value is -3.56. The van der Waals surface area contributed by atoms with Crippen molar-refractivity contribution in [2.75, 3.05) is 23.3 Å². The van der Waals surface area contributed by atoms with Gasteiger partial charge in [0.15, 0.2) is 0 Å². The van der Waals surface area contributed by atoms with Gasteiger partial charge >= 0.3 is 0 Å². The van der Waals surface area contributed by atoms with Crippen LogP contribution in [-0.4, -0.2) is 33.3 Å². The molecular formula is C25H24FN3O4S. The number of rotatable bonds is 6. The Bertz CT molecular complexity index is 1340. The smallest absolute Gasteiger partial charge is 0.258 e. The second-order valence-electron chi connectivity index (χ2n) is 7.85. The molecule has 176 valence electrons. The molecule has 0 saturated carbocycles. The molecule has 2 N–H and O–H groups in total. The zero-order valence-electron chi connectivity index (χ0n) is 18.5. The minimum absolute atomic E-state index is 0.0257. The highest BCUT2D eigenvalue weighted by Crippen LogP contribution is 2.34. The van der Waals surface area contributed by atoms with Crippen LogP contribution in [0.15, 0.2) is 71.6 Å². The first-order chi connectivity index (χ1) is 16.3. The first-order valence-corrected chi connectivity index (χ1v) is 12.4. The molecule has 2 amide bonds. The fraction of sp³-hybridized carbons (Fsp3) is 0.200. The van der Waals surface area contributed by atoms with Crippen LogP contribution in [0.1, 0.15) is 39.6 Å². The van der Waals surface area contributed by atoms with Gasteiger partial charge < -0.3 is 10.2 Å². The summed E-state index contributed by atoms with van der Waals surface area (Å²) in [5.74, 6) is -1.13. The minimum atomic E-state index is -3.70. The van der Waals surface area contributed by atoms with Crippen molar-refractivity contribution < 1.29 is 22.4 Å². The largest absolute Gasteiger partial charge is 0.322 e. The number of anilines is 2. The number of hydrogen-bond donors (Lipinski definition) is 2. The Morgan fingerprint density at radius 2 is 1.74 bits per heavy atom. The van der Waals surface area contributed by atoms with Gasteiger partial charge in [0.2, 0.25) is 10.0 Å². The van der Waals surface area contributed by atoms with Crippen molar-refractivity contribution in [2.45, 2.75) is 24.7 Å². The van der Waals surface area contributed by atoms with Crippen LogP contribution in [0.2, 0.25) is 0 Å². The molecule has 0 bridgehead atoms. The SMILES string of the molecule is CCNS(=O)(=O)c1cccc(C(=O)N2CCCc3c(NC(=O)c4ccc(F)cc4)cccc32)c1. The molecule has 3 aromatic carbocycles. The minimum Gasteiger partial charge on any atom is -0.322 e. The van der Waals surface area contributed by atoms with Crippen LogP contribution >= 0.6 is 0 Å². The number of hydrogen-bond acceptors (Lipinski definition) is 4. The number of sulfonamides is 1. The van der Waals surface area contributed by atoms with Crippen molar-refractivity contribution in [3.05, 3.63) is 89.2 Å². The normalized spacial score (nSPS) is 13.3. The molecule has 9 heteroatoms. The van der Waals surface area contributed by atoms with E-state index in [1.165, 1.54) is 36.4 Å². The van der Waals surface area contributed by atoms with Crippen LogP contribution in [-0.2, 0) is 16.4 Å². The van der Waals surface area contributed by atoms with E-state index in [4.69, 9.17) is 0 Å². The number of benzene rings is 3. The van der Waals surface area contributed by atoms with Gasteiger partial charge in [-0.3, -0.25) is 9.59 Å². The van der Waals surface area contributed by atoms with Crippen molar-refractivity contribution in [1.29, 1.82) is 0 Å². The average Bonchev–Trinajstić information content (AvgIpc) is 2.84. The van der Waals surface area contributed by atoms with E-state index in [0.29, 0.717) is 36.3 Å². The molecule has 3 aromatic rings. The van der Waals surface area contributed by atoms with Gasteiger partial charge in [-0.2, -0.15) is 0 Å². The number of fused-ring (bicyclic) bond motifs is 1. The lowest BCUT2D eigenvalue weighted by Gasteiger charge is -2.31. The third kappa shape index (κ3) is 4.85. The lowest BCUT2D eigenvalue weighted by molar-refractivity contribution is 0.0984. The Kier molecular flexibility index (Phi) is 6.76. The highest BCUT2D eigenvalue weighted by Gasteiger charge is 2.26. The Balaban J connectivity index is 1.62. The molecule has 7 nitrogen and oxygen atoms in total. The monoisotopic (exact) mass is 481 g/mol. The van der Waals surface area contributed by atoms with Crippen LogP contribution in [0, 0.1) is 5.82 Å². The van der Waals surface area contributed by atoms with E-state index >= 15 is 0 Å². The van der Waals surface area contributed by atoms with E-state index in [1.807, 2.05) is 0 Å². The van der Waals surface area contributed by atoms with Crippen LogP contribution in [0.5, 0.6) is 0 Å². The summed E-state index contributed by atoms with van der Waals surface area (Å²) in [5.41, 5.74) is 2.63. The van der Waals surface area contributed by atoms with Crippen LogP contribution < -0.4 is 14.9 Å². The lowest BCUT2D eigenvalue weighted by atomic mass is 9.98. The van der Waals surface area contributed by atoms with Crippen molar-refractivity contribution in [1.82, 2.24) is 4.72 Å². The van der Waals surface area contributed by atoms with Gasteiger partial charge in [-0.15, -0.1) is 0 Å². The lowest BCUT2D eigenvalue weighted by Crippen LogP contribution is -2.36. The van der Waals surface area contributed by atoms with E-state index in [2.05, 4.69) is 10.0 Å². The summed E-state index contributed by atoms with van der Waals surface area (Å²) in [7, 11) is -3.70. The van der Waals surface area contributed by atoms with Gasteiger partial charge in [0.1, 0.15) is 5.82 Å². The number of nitrogens with one attached hydrogen (secondary N) is 2. The maximum atomic E-state index is 13.4. The highest BCUT2D eigenvalue weighted by molar-refractivity contribution is 7.89. The molecule has 34 heavy (non-hydrogen) atoms. The van der Waals surface area contributed by atoms with Crippen molar-refractivity contribution in [2.24, 2.45) is 0 Å². The zero-order valence-corrected chi connectivity index (χ0v) is 19.4.